The maximum Gasteiger partial charge on any atom is 0.345 e. The van der Waals surface area contributed by atoms with Gasteiger partial charge in [0, 0.05) is 10.3 Å². The fraction of sp³-hybridized carbons (Fsp3) is 0.808. The summed E-state index contributed by atoms with van der Waals surface area (Å²) in [5, 5.41) is 20.0. The zero-order valence-electron chi connectivity index (χ0n) is 19.2. The van der Waals surface area contributed by atoms with Gasteiger partial charge in [0.2, 0.25) is 0 Å². The van der Waals surface area contributed by atoms with Crippen LogP contribution in [0.5, 0.6) is 0 Å². The van der Waals surface area contributed by atoms with Gasteiger partial charge in [-0.1, -0.05) is 45.4 Å². The van der Waals surface area contributed by atoms with Crippen LogP contribution in [0.2, 0.25) is 0 Å². The van der Waals surface area contributed by atoms with Crippen LogP contribution in [-0.2, 0) is 6.42 Å². The number of carboxylic acid groups (broad SMARTS) is 1. The number of aryl methyl sites for hydroxylation is 1. The highest BCUT2D eigenvalue weighted by Gasteiger charge is 2.42. The van der Waals surface area contributed by atoms with Gasteiger partial charge < -0.3 is 10.2 Å². The van der Waals surface area contributed by atoms with Crippen molar-refractivity contribution in [1.29, 1.82) is 0 Å². The van der Waals surface area contributed by atoms with Crippen molar-refractivity contribution < 1.29 is 15.0 Å². The molecule has 0 bridgehead atoms. The summed E-state index contributed by atoms with van der Waals surface area (Å²) >= 11 is 8.10. The predicted molar refractivity (Wildman–Crippen MR) is 130 cm³/mol. The Balaban J connectivity index is 1.54. The Bertz CT molecular complexity index is 682. The van der Waals surface area contributed by atoms with Crippen LogP contribution in [0.3, 0.4) is 0 Å². The molecular weight excluding hydrogens is 428 g/mol. The lowest BCUT2D eigenvalue weighted by atomic mass is 9.66. The smallest absolute Gasteiger partial charge is 0.345 e. The molecule has 1 aromatic rings. The Kier molecular flexibility index (Phi) is 9.73. The van der Waals surface area contributed by atoms with Gasteiger partial charge in [0.15, 0.2) is 0 Å². The highest BCUT2D eigenvalue weighted by molar-refractivity contribution is 7.13. The molecule has 176 valence electrons. The first-order valence-corrected chi connectivity index (χ1v) is 13.8. The summed E-state index contributed by atoms with van der Waals surface area (Å²) in [5.41, 5.74) is 0.506. The number of aromatic carboxylic acids is 1. The molecule has 4 atom stereocenters. The van der Waals surface area contributed by atoms with E-state index in [-0.39, 0.29) is 11.5 Å². The normalized spacial score (nSPS) is 28.1. The number of aliphatic hydroxyl groups excluding tert-OH is 1. The number of carboxylic acids is 1. The van der Waals surface area contributed by atoms with Crippen LogP contribution in [0.1, 0.15) is 111 Å². The Morgan fingerprint density at radius 1 is 1.10 bits per heavy atom. The quantitative estimate of drug-likeness (QED) is 0.244. The van der Waals surface area contributed by atoms with E-state index in [0.29, 0.717) is 22.1 Å². The number of rotatable bonds is 12. The van der Waals surface area contributed by atoms with Crippen LogP contribution < -0.4 is 0 Å². The molecule has 3 nitrogen and oxygen atoms in total. The third kappa shape index (κ3) is 6.95. The summed E-state index contributed by atoms with van der Waals surface area (Å²) in [6.45, 7) is 2.28. The van der Waals surface area contributed by atoms with Gasteiger partial charge in [-0.05, 0) is 87.2 Å². The van der Waals surface area contributed by atoms with Crippen molar-refractivity contribution in [2.45, 2.75) is 115 Å². The fourth-order valence-corrected chi connectivity index (χ4v) is 7.61. The van der Waals surface area contributed by atoms with Crippen molar-refractivity contribution in [3.05, 3.63) is 21.9 Å². The second-order valence-electron chi connectivity index (χ2n) is 10.2. The van der Waals surface area contributed by atoms with E-state index in [1.807, 2.05) is 6.07 Å². The first kappa shape index (κ1) is 25.1. The van der Waals surface area contributed by atoms with E-state index in [4.69, 9.17) is 16.7 Å². The molecular formula is C26H41ClO3S. The lowest BCUT2D eigenvalue weighted by Crippen LogP contribution is -2.28. The Morgan fingerprint density at radius 2 is 1.87 bits per heavy atom. The van der Waals surface area contributed by atoms with Gasteiger partial charge >= 0.3 is 5.97 Å². The molecule has 0 aliphatic heterocycles. The van der Waals surface area contributed by atoms with E-state index in [2.05, 4.69) is 6.92 Å². The number of hydrogen-bond donors (Lipinski definition) is 2. The average Bonchev–Trinajstić information content (AvgIpc) is 3.32. The Labute approximate surface area is 197 Å². The van der Waals surface area contributed by atoms with Crippen molar-refractivity contribution in [2.24, 2.45) is 17.3 Å². The maximum absolute atomic E-state index is 11.1. The molecule has 3 rings (SSSR count). The van der Waals surface area contributed by atoms with Crippen molar-refractivity contribution in [1.82, 2.24) is 0 Å². The molecule has 0 unspecified atom stereocenters. The summed E-state index contributed by atoms with van der Waals surface area (Å²) in [7, 11) is 0. The number of alkyl halides is 1. The molecule has 2 aliphatic carbocycles. The van der Waals surface area contributed by atoms with Crippen LogP contribution in [0.15, 0.2) is 12.1 Å². The van der Waals surface area contributed by atoms with E-state index in [1.165, 1.54) is 75.5 Å². The minimum Gasteiger partial charge on any atom is -0.477 e. The fourth-order valence-electron chi connectivity index (χ4n) is 6.22. The van der Waals surface area contributed by atoms with Gasteiger partial charge in [-0.15, -0.1) is 22.9 Å². The summed E-state index contributed by atoms with van der Waals surface area (Å²) in [5.74, 6) is -0.135. The standard InChI is InChI=1S/C26H41ClO3S/c1-2-3-5-14-26(15-6-4-7-16-26)17-13-21-20(22(27)18-23(21)28)10-8-9-19-11-12-24(31-19)25(29)30/h11-12,20-23,28H,2-10,13-18H2,1H3,(H,29,30)/t20-,21-,22+,23-/m1/s1. The topological polar surface area (TPSA) is 57.5 Å². The van der Waals surface area contributed by atoms with E-state index in [0.717, 1.165) is 37.0 Å². The van der Waals surface area contributed by atoms with Crippen molar-refractivity contribution in [3.63, 3.8) is 0 Å². The van der Waals surface area contributed by atoms with Crippen LogP contribution in [0.25, 0.3) is 0 Å². The second kappa shape index (κ2) is 12.0. The van der Waals surface area contributed by atoms with Crippen LogP contribution in [0, 0.1) is 17.3 Å². The van der Waals surface area contributed by atoms with Gasteiger partial charge in [0.05, 0.1) is 6.10 Å². The molecule has 2 N–H and O–H groups in total. The van der Waals surface area contributed by atoms with Crippen LogP contribution in [0.4, 0.5) is 0 Å². The summed E-state index contributed by atoms with van der Waals surface area (Å²) < 4.78 is 0. The molecule has 0 spiro atoms. The van der Waals surface area contributed by atoms with Crippen LogP contribution >= 0.6 is 22.9 Å². The zero-order chi connectivity index (χ0) is 22.3. The zero-order valence-corrected chi connectivity index (χ0v) is 20.7. The molecule has 0 aromatic carbocycles. The third-order valence-electron chi connectivity index (χ3n) is 8.04. The van der Waals surface area contributed by atoms with Gasteiger partial charge in [-0.2, -0.15) is 0 Å². The number of carbonyl (C=O) groups is 1. The van der Waals surface area contributed by atoms with Gasteiger partial charge in [-0.3, -0.25) is 0 Å². The summed E-state index contributed by atoms with van der Waals surface area (Å²) in [6, 6.07) is 3.65. The number of hydrogen-bond acceptors (Lipinski definition) is 3. The van der Waals surface area contributed by atoms with Crippen molar-refractivity contribution in [3.8, 4) is 0 Å². The summed E-state index contributed by atoms with van der Waals surface area (Å²) in [6.07, 6.45) is 18.0. The molecule has 0 saturated heterocycles. The molecule has 2 saturated carbocycles. The Hall–Kier alpha value is -0.580. The average molecular weight is 469 g/mol. The summed E-state index contributed by atoms with van der Waals surface area (Å²) in [4.78, 5) is 12.6. The minimum absolute atomic E-state index is 0.0697. The monoisotopic (exact) mass is 468 g/mol. The number of halogens is 1. The van der Waals surface area contributed by atoms with Crippen molar-refractivity contribution >= 4 is 28.9 Å². The molecule has 31 heavy (non-hydrogen) atoms. The van der Waals surface area contributed by atoms with E-state index in [1.54, 1.807) is 6.07 Å². The highest BCUT2D eigenvalue weighted by atomic mass is 35.5. The Morgan fingerprint density at radius 3 is 2.55 bits per heavy atom. The number of aliphatic hydroxyl groups is 1. The van der Waals surface area contributed by atoms with Crippen LogP contribution in [-0.4, -0.2) is 27.7 Å². The van der Waals surface area contributed by atoms with Crippen molar-refractivity contribution in [2.75, 3.05) is 0 Å². The van der Waals surface area contributed by atoms with Gasteiger partial charge in [-0.25, -0.2) is 4.79 Å². The van der Waals surface area contributed by atoms with Gasteiger partial charge in [0.25, 0.3) is 0 Å². The largest absolute Gasteiger partial charge is 0.477 e. The first-order chi connectivity index (χ1) is 14.9. The molecule has 1 heterocycles. The highest BCUT2D eigenvalue weighted by Crippen LogP contribution is 2.48. The van der Waals surface area contributed by atoms with E-state index in [9.17, 15) is 9.90 Å². The second-order valence-corrected chi connectivity index (χ2v) is 11.9. The molecule has 2 fully saturated rings. The lowest BCUT2D eigenvalue weighted by molar-refractivity contribution is 0.0702. The molecule has 0 radical (unpaired) electrons. The maximum atomic E-state index is 11.1. The number of unbranched alkanes of at least 4 members (excludes halogenated alkanes) is 2. The predicted octanol–water partition coefficient (Wildman–Crippen LogP) is 7.68. The first-order valence-electron chi connectivity index (χ1n) is 12.6. The lowest BCUT2D eigenvalue weighted by Gasteiger charge is -2.39. The van der Waals surface area contributed by atoms with E-state index >= 15 is 0 Å². The third-order valence-corrected chi connectivity index (χ3v) is 9.68. The molecule has 2 aliphatic rings. The molecule has 5 heteroatoms. The minimum atomic E-state index is -0.841. The van der Waals surface area contributed by atoms with E-state index < -0.39 is 5.97 Å². The molecule has 0 amide bonds. The van der Waals surface area contributed by atoms with Gasteiger partial charge in [0.1, 0.15) is 4.88 Å². The molecule has 1 aromatic heterocycles. The number of thiophene rings is 1. The SMILES string of the molecule is CCCCCC1(CC[C@@H]2[C@@H](CCCc3ccc(C(=O)O)s3)[C@@H](Cl)C[C@H]2O)CCCCC1.